The first-order valence-electron chi connectivity index (χ1n) is 5.05. The molecule has 0 atom stereocenters. The van der Waals surface area contributed by atoms with Gasteiger partial charge in [-0.15, -0.1) is 11.3 Å². The summed E-state index contributed by atoms with van der Waals surface area (Å²) in [7, 11) is 0. The molecule has 6 heteroatoms. The molecular weight excluding hydrogens is 275 g/mol. The molecule has 2 aromatic heterocycles. The van der Waals surface area contributed by atoms with E-state index in [0.29, 0.717) is 11.6 Å². The topological polar surface area (TPSA) is 35.0 Å². The predicted octanol–water partition coefficient (Wildman–Crippen LogP) is 4.28. The predicted molar refractivity (Wildman–Crippen MR) is 68.9 cm³/mol. The molecule has 0 aliphatic carbocycles. The highest BCUT2D eigenvalue weighted by atomic mass is 35.5. The summed E-state index contributed by atoms with van der Waals surface area (Å²) in [5.41, 5.74) is 0.809. The van der Waals surface area contributed by atoms with Gasteiger partial charge in [-0.3, -0.25) is 0 Å². The number of ether oxygens (including phenoxy) is 1. The maximum absolute atomic E-state index is 12.9. The van der Waals surface area contributed by atoms with Gasteiger partial charge < -0.3 is 4.74 Å². The van der Waals surface area contributed by atoms with Gasteiger partial charge in [0, 0.05) is 0 Å². The minimum atomic E-state index is -0.406. The lowest BCUT2D eigenvalue weighted by molar-refractivity contribution is 0.467. The van der Waals surface area contributed by atoms with E-state index >= 15 is 0 Å². The fraction of sp³-hybridized carbons (Fsp3) is 0. The SMILES string of the molecule is Fc1ccc(Oc2ncnc3ccsc23)c(Cl)c1. The Labute approximate surface area is 111 Å². The molecule has 0 saturated carbocycles. The van der Waals surface area contributed by atoms with Gasteiger partial charge in [0.2, 0.25) is 5.88 Å². The molecule has 18 heavy (non-hydrogen) atoms. The highest BCUT2D eigenvalue weighted by Crippen LogP contribution is 2.33. The van der Waals surface area contributed by atoms with Crippen LogP contribution in [0.5, 0.6) is 11.6 Å². The second-order valence-electron chi connectivity index (χ2n) is 3.49. The van der Waals surface area contributed by atoms with E-state index in [9.17, 15) is 4.39 Å². The largest absolute Gasteiger partial charge is 0.436 e. The number of hydrogen-bond acceptors (Lipinski definition) is 4. The van der Waals surface area contributed by atoms with Crippen LogP contribution in [-0.4, -0.2) is 9.97 Å². The number of aromatic nitrogens is 2. The van der Waals surface area contributed by atoms with Gasteiger partial charge in [-0.1, -0.05) is 11.6 Å². The first-order valence-corrected chi connectivity index (χ1v) is 6.31. The van der Waals surface area contributed by atoms with Crippen LogP contribution in [0.1, 0.15) is 0 Å². The van der Waals surface area contributed by atoms with Crippen molar-refractivity contribution in [3.05, 3.63) is 46.8 Å². The molecule has 0 unspecified atom stereocenters. The first kappa shape index (κ1) is 11.4. The third kappa shape index (κ3) is 2.02. The summed E-state index contributed by atoms with van der Waals surface area (Å²) in [6, 6.07) is 5.83. The van der Waals surface area contributed by atoms with E-state index in [0.717, 1.165) is 10.2 Å². The van der Waals surface area contributed by atoms with E-state index in [2.05, 4.69) is 9.97 Å². The summed E-state index contributed by atoms with van der Waals surface area (Å²) < 4.78 is 19.4. The third-order valence-corrected chi connectivity index (χ3v) is 3.50. The van der Waals surface area contributed by atoms with Crippen molar-refractivity contribution in [3.63, 3.8) is 0 Å². The van der Waals surface area contributed by atoms with Crippen LogP contribution in [0.2, 0.25) is 5.02 Å². The minimum Gasteiger partial charge on any atom is -0.436 e. The fourth-order valence-electron chi connectivity index (χ4n) is 1.50. The molecule has 0 spiro atoms. The zero-order valence-corrected chi connectivity index (χ0v) is 10.5. The van der Waals surface area contributed by atoms with Crippen molar-refractivity contribution in [2.45, 2.75) is 0 Å². The maximum Gasteiger partial charge on any atom is 0.240 e. The molecule has 3 nitrogen and oxygen atoms in total. The number of hydrogen-bond donors (Lipinski definition) is 0. The Morgan fingerprint density at radius 2 is 2.11 bits per heavy atom. The van der Waals surface area contributed by atoms with Crippen LogP contribution in [0.3, 0.4) is 0 Å². The zero-order valence-electron chi connectivity index (χ0n) is 8.93. The number of fused-ring (bicyclic) bond motifs is 1. The lowest BCUT2D eigenvalue weighted by Gasteiger charge is -2.06. The standard InChI is InChI=1S/C12H6ClFN2OS/c13-8-5-7(14)1-2-10(8)17-12-11-9(3-4-18-11)15-6-16-12/h1-6H. The Balaban J connectivity index is 2.03. The van der Waals surface area contributed by atoms with Gasteiger partial charge in [-0.05, 0) is 29.6 Å². The van der Waals surface area contributed by atoms with Crippen LogP contribution in [0.25, 0.3) is 10.2 Å². The van der Waals surface area contributed by atoms with Crippen LogP contribution < -0.4 is 4.74 Å². The molecule has 0 bridgehead atoms. The number of benzene rings is 1. The van der Waals surface area contributed by atoms with Crippen LogP contribution in [0.15, 0.2) is 36.0 Å². The van der Waals surface area contributed by atoms with Crippen molar-refractivity contribution in [3.8, 4) is 11.6 Å². The van der Waals surface area contributed by atoms with Crippen molar-refractivity contribution in [2.75, 3.05) is 0 Å². The quantitative estimate of drug-likeness (QED) is 0.703. The fourth-order valence-corrected chi connectivity index (χ4v) is 2.48. The highest BCUT2D eigenvalue weighted by molar-refractivity contribution is 7.17. The molecule has 0 fully saturated rings. The lowest BCUT2D eigenvalue weighted by Crippen LogP contribution is -1.90. The Hall–Kier alpha value is -1.72. The van der Waals surface area contributed by atoms with E-state index in [1.807, 2.05) is 11.4 Å². The van der Waals surface area contributed by atoms with Crippen LogP contribution in [-0.2, 0) is 0 Å². The number of halogens is 2. The molecule has 0 saturated heterocycles. The first-order chi connectivity index (χ1) is 8.74. The summed E-state index contributed by atoms with van der Waals surface area (Å²) in [6.45, 7) is 0. The molecule has 0 aliphatic rings. The molecule has 90 valence electrons. The second kappa shape index (κ2) is 4.51. The van der Waals surface area contributed by atoms with E-state index in [1.54, 1.807) is 0 Å². The average molecular weight is 281 g/mol. The van der Waals surface area contributed by atoms with Gasteiger partial charge in [-0.2, -0.15) is 0 Å². The third-order valence-electron chi connectivity index (χ3n) is 2.31. The number of thiophene rings is 1. The van der Waals surface area contributed by atoms with Gasteiger partial charge >= 0.3 is 0 Å². The van der Waals surface area contributed by atoms with Crippen molar-refractivity contribution < 1.29 is 9.13 Å². The van der Waals surface area contributed by atoms with E-state index in [4.69, 9.17) is 16.3 Å². The molecule has 0 N–H and O–H groups in total. The minimum absolute atomic E-state index is 0.207. The normalized spacial score (nSPS) is 10.8. The summed E-state index contributed by atoms with van der Waals surface area (Å²) >= 11 is 7.37. The van der Waals surface area contributed by atoms with Crippen molar-refractivity contribution in [1.29, 1.82) is 0 Å². The van der Waals surface area contributed by atoms with Crippen LogP contribution in [0.4, 0.5) is 4.39 Å². The molecule has 3 rings (SSSR count). The van der Waals surface area contributed by atoms with Gasteiger partial charge in [0.25, 0.3) is 0 Å². The van der Waals surface area contributed by atoms with Crippen molar-refractivity contribution in [2.24, 2.45) is 0 Å². The molecule has 2 heterocycles. The molecule has 0 amide bonds. The van der Waals surface area contributed by atoms with Gasteiger partial charge in [0.1, 0.15) is 22.6 Å². The molecule has 3 aromatic rings. The molecular formula is C12H6ClFN2OS. The molecule has 1 aromatic carbocycles. The summed E-state index contributed by atoms with van der Waals surface area (Å²) in [5.74, 6) is 0.381. The zero-order chi connectivity index (χ0) is 12.5. The summed E-state index contributed by atoms with van der Waals surface area (Å²) in [6.07, 6.45) is 1.42. The van der Waals surface area contributed by atoms with Crippen molar-refractivity contribution >= 4 is 33.2 Å². The Kier molecular flexibility index (Phi) is 2.85. The van der Waals surface area contributed by atoms with Crippen molar-refractivity contribution in [1.82, 2.24) is 9.97 Å². The van der Waals surface area contributed by atoms with Gasteiger partial charge in [-0.25, -0.2) is 14.4 Å². The van der Waals surface area contributed by atoms with E-state index < -0.39 is 5.82 Å². The number of nitrogens with zero attached hydrogens (tertiary/aromatic N) is 2. The second-order valence-corrected chi connectivity index (χ2v) is 4.81. The average Bonchev–Trinajstić information content (AvgIpc) is 2.82. The number of rotatable bonds is 2. The lowest BCUT2D eigenvalue weighted by atomic mass is 10.3. The van der Waals surface area contributed by atoms with Gasteiger partial charge in [0.05, 0.1) is 10.5 Å². The van der Waals surface area contributed by atoms with Crippen LogP contribution >= 0.6 is 22.9 Å². The van der Waals surface area contributed by atoms with E-state index in [-0.39, 0.29) is 5.02 Å². The highest BCUT2D eigenvalue weighted by Gasteiger charge is 2.10. The maximum atomic E-state index is 12.9. The summed E-state index contributed by atoms with van der Waals surface area (Å²) in [4.78, 5) is 8.17. The smallest absolute Gasteiger partial charge is 0.240 e. The van der Waals surface area contributed by atoms with Gasteiger partial charge in [0.15, 0.2) is 0 Å². The van der Waals surface area contributed by atoms with E-state index in [1.165, 1.54) is 35.9 Å². The molecule has 0 radical (unpaired) electrons. The summed E-state index contributed by atoms with van der Waals surface area (Å²) in [5, 5.41) is 2.11. The van der Waals surface area contributed by atoms with Crippen LogP contribution in [0, 0.1) is 5.82 Å². The molecule has 0 aliphatic heterocycles. The Bertz CT molecular complexity index is 716. The Morgan fingerprint density at radius 3 is 2.94 bits per heavy atom. The monoisotopic (exact) mass is 280 g/mol. The Morgan fingerprint density at radius 1 is 1.22 bits per heavy atom.